The molecule has 7 N–H and O–H groups in total. The van der Waals surface area contributed by atoms with Crippen LogP contribution in [0.4, 0.5) is 28.7 Å². The third-order valence-electron chi connectivity index (χ3n) is 3.20. The number of nitrogens with one attached hydrogen (secondary N) is 2. The molecule has 0 spiro atoms. The van der Waals surface area contributed by atoms with Crippen molar-refractivity contribution in [2.45, 2.75) is 4.90 Å². The first-order valence-electron chi connectivity index (χ1n) is 7.03. The van der Waals surface area contributed by atoms with E-state index in [1.807, 2.05) is 6.07 Å². The van der Waals surface area contributed by atoms with E-state index in [4.69, 9.17) is 11.5 Å². The molecule has 140 valence electrons. The van der Waals surface area contributed by atoms with Crippen molar-refractivity contribution in [1.29, 1.82) is 5.26 Å². The van der Waals surface area contributed by atoms with E-state index in [-0.39, 0.29) is 38.7 Å². The molecule has 1 heterocycles. The van der Waals surface area contributed by atoms with Gasteiger partial charge in [0.1, 0.15) is 22.3 Å². The number of hydrogen-bond donors (Lipinski definition) is 5. The first-order chi connectivity index (χ1) is 12.5. The quantitative estimate of drug-likeness (QED) is 0.333. The molecule has 27 heavy (non-hydrogen) atoms. The average Bonchev–Trinajstić information content (AvgIpc) is 2.53. The number of nitrogens with two attached hydrogens (primary N) is 2. The van der Waals surface area contributed by atoms with Gasteiger partial charge in [-0.3, -0.25) is 9.35 Å². The number of aromatic nitrogens is 1. The first-order valence-corrected chi connectivity index (χ1v) is 9.26. The molecule has 0 bridgehead atoms. The molecule has 0 saturated heterocycles. The van der Waals surface area contributed by atoms with Crippen LogP contribution in [-0.4, -0.2) is 23.9 Å². The molecule has 0 radical (unpaired) electrons. The molecule has 2 rings (SSSR count). The fourth-order valence-corrected chi connectivity index (χ4v) is 2.78. The summed E-state index contributed by atoms with van der Waals surface area (Å²) in [5, 5.41) is 14.3. The number of hydrogen-bond acceptors (Lipinski definition) is 8. The minimum atomic E-state index is -4.62. The SMILES string of the molecule is C=C(Br)C(=O)Nc1cc(Nc2nc(N)cc(N)c2C#N)ccc1S(=O)(=O)O. The van der Waals surface area contributed by atoms with E-state index in [9.17, 15) is 23.0 Å². The zero-order chi connectivity index (χ0) is 20.4. The summed E-state index contributed by atoms with van der Waals surface area (Å²) >= 11 is 2.87. The Hall–Kier alpha value is -3.14. The predicted molar refractivity (Wildman–Crippen MR) is 104 cm³/mol. The fraction of sp³-hybridized carbons (Fsp3) is 0. The van der Waals surface area contributed by atoms with Gasteiger partial charge in [0, 0.05) is 11.8 Å². The number of amides is 1. The van der Waals surface area contributed by atoms with Gasteiger partial charge < -0.3 is 22.1 Å². The van der Waals surface area contributed by atoms with Crippen LogP contribution in [0.5, 0.6) is 0 Å². The van der Waals surface area contributed by atoms with E-state index in [0.717, 1.165) is 6.07 Å². The largest absolute Gasteiger partial charge is 0.397 e. The van der Waals surface area contributed by atoms with Crippen LogP contribution in [-0.2, 0) is 14.9 Å². The van der Waals surface area contributed by atoms with E-state index in [1.165, 1.54) is 18.2 Å². The first kappa shape index (κ1) is 20.2. The average molecular weight is 453 g/mol. The molecule has 2 aromatic rings. The maximum Gasteiger partial charge on any atom is 0.296 e. The van der Waals surface area contributed by atoms with Crippen LogP contribution >= 0.6 is 15.9 Å². The van der Waals surface area contributed by atoms with Gasteiger partial charge in [0.25, 0.3) is 16.0 Å². The van der Waals surface area contributed by atoms with Crippen molar-refractivity contribution in [2.24, 2.45) is 0 Å². The van der Waals surface area contributed by atoms with E-state index in [0.29, 0.717) is 0 Å². The molecular weight excluding hydrogens is 440 g/mol. The van der Waals surface area contributed by atoms with Gasteiger partial charge in [-0.05, 0) is 34.1 Å². The summed E-state index contributed by atoms with van der Waals surface area (Å²) in [6.07, 6.45) is 0. The second kappa shape index (κ2) is 7.62. The molecule has 0 aliphatic rings. The van der Waals surface area contributed by atoms with Crippen molar-refractivity contribution < 1.29 is 17.8 Å². The minimum Gasteiger partial charge on any atom is -0.397 e. The molecule has 0 aliphatic heterocycles. The zero-order valence-electron chi connectivity index (χ0n) is 13.5. The number of carbonyl (C=O) groups is 1. The molecule has 0 saturated carbocycles. The topological polar surface area (TPSA) is 184 Å². The van der Waals surface area contributed by atoms with Gasteiger partial charge in [0.05, 0.1) is 15.9 Å². The lowest BCUT2D eigenvalue weighted by molar-refractivity contribution is -0.112. The lowest BCUT2D eigenvalue weighted by atomic mass is 10.2. The maximum atomic E-state index is 11.8. The smallest absolute Gasteiger partial charge is 0.296 e. The molecule has 0 unspecified atom stereocenters. The summed E-state index contributed by atoms with van der Waals surface area (Å²) in [7, 11) is -4.62. The van der Waals surface area contributed by atoms with Crippen molar-refractivity contribution in [2.75, 3.05) is 22.1 Å². The fourth-order valence-electron chi connectivity index (χ4n) is 2.05. The standard InChI is InChI=1S/C15H13BrN6O4S/c1-7(16)15(23)21-11-4-8(2-3-12(11)27(24,25)26)20-14-9(6-17)10(18)5-13(19)22-14/h2-5H,1H2,(H,21,23)(H,24,25,26)(H5,18,19,20,22). The molecular formula is C15H13BrN6O4S. The third kappa shape index (κ3) is 4.73. The highest BCUT2D eigenvalue weighted by Crippen LogP contribution is 2.30. The van der Waals surface area contributed by atoms with Crippen molar-refractivity contribution in [3.63, 3.8) is 0 Å². The lowest BCUT2D eigenvalue weighted by Crippen LogP contribution is -2.14. The Balaban J connectivity index is 2.53. The second-order valence-electron chi connectivity index (χ2n) is 5.14. The molecule has 12 heteroatoms. The number of anilines is 5. The highest BCUT2D eigenvalue weighted by Gasteiger charge is 2.19. The van der Waals surface area contributed by atoms with Crippen LogP contribution in [0.1, 0.15) is 5.56 Å². The van der Waals surface area contributed by atoms with Gasteiger partial charge in [-0.25, -0.2) is 4.98 Å². The van der Waals surface area contributed by atoms with Crippen LogP contribution in [0.25, 0.3) is 0 Å². The van der Waals surface area contributed by atoms with E-state index < -0.39 is 20.9 Å². The Labute approximate surface area is 162 Å². The Morgan fingerprint density at radius 2 is 2.00 bits per heavy atom. The Kier molecular flexibility index (Phi) is 5.69. The highest BCUT2D eigenvalue weighted by atomic mass is 79.9. The number of nitrogen functional groups attached to an aromatic ring is 2. The molecule has 0 fully saturated rings. The molecule has 1 amide bonds. The molecule has 0 aliphatic carbocycles. The van der Waals surface area contributed by atoms with Gasteiger partial charge in [-0.2, -0.15) is 13.7 Å². The van der Waals surface area contributed by atoms with Gasteiger partial charge in [0.2, 0.25) is 0 Å². The summed E-state index contributed by atoms with van der Waals surface area (Å²) in [5.41, 5.74) is 11.5. The van der Waals surface area contributed by atoms with Crippen LogP contribution in [0, 0.1) is 11.3 Å². The van der Waals surface area contributed by atoms with Crippen LogP contribution < -0.4 is 22.1 Å². The summed E-state index contributed by atoms with van der Waals surface area (Å²) in [5.74, 6) is -0.620. The minimum absolute atomic E-state index is 0.0301. The zero-order valence-corrected chi connectivity index (χ0v) is 15.9. The van der Waals surface area contributed by atoms with Gasteiger partial charge in [-0.1, -0.05) is 6.58 Å². The van der Waals surface area contributed by atoms with Gasteiger partial charge in [-0.15, -0.1) is 0 Å². The molecule has 1 aromatic heterocycles. The number of pyridine rings is 1. The summed E-state index contributed by atoms with van der Waals surface area (Å²) in [6.45, 7) is 3.38. The molecule has 1 aromatic carbocycles. The lowest BCUT2D eigenvalue weighted by Gasteiger charge is -2.13. The monoisotopic (exact) mass is 452 g/mol. The summed E-state index contributed by atoms with van der Waals surface area (Å²) in [4.78, 5) is 15.3. The summed E-state index contributed by atoms with van der Waals surface area (Å²) < 4.78 is 32.3. The van der Waals surface area contributed by atoms with E-state index in [1.54, 1.807) is 0 Å². The Morgan fingerprint density at radius 3 is 2.56 bits per heavy atom. The summed E-state index contributed by atoms with van der Waals surface area (Å²) in [6, 6.07) is 6.78. The number of carbonyl (C=O) groups excluding carboxylic acids is 1. The van der Waals surface area contributed by atoms with Gasteiger partial charge in [0.15, 0.2) is 5.82 Å². The number of nitriles is 1. The Morgan fingerprint density at radius 1 is 1.33 bits per heavy atom. The molecule has 10 nitrogen and oxygen atoms in total. The highest BCUT2D eigenvalue weighted by molar-refractivity contribution is 9.12. The van der Waals surface area contributed by atoms with Crippen LogP contribution in [0.2, 0.25) is 0 Å². The van der Waals surface area contributed by atoms with Crippen LogP contribution in [0.3, 0.4) is 0 Å². The molecule has 0 atom stereocenters. The van der Waals surface area contributed by atoms with Crippen molar-refractivity contribution in [1.82, 2.24) is 4.98 Å². The van der Waals surface area contributed by atoms with E-state index >= 15 is 0 Å². The number of rotatable bonds is 5. The van der Waals surface area contributed by atoms with Crippen molar-refractivity contribution in [3.05, 3.63) is 40.9 Å². The number of nitrogens with zero attached hydrogens (tertiary/aromatic N) is 2. The van der Waals surface area contributed by atoms with Gasteiger partial charge >= 0.3 is 0 Å². The Bertz CT molecular complexity index is 1090. The normalized spacial score (nSPS) is 10.7. The third-order valence-corrected chi connectivity index (χ3v) is 4.47. The van der Waals surface area contributed by atoms with E-state index in [2.05, 4.69) is 38.1 Å². The number of benzene rings is 1. The van der Waals surface area contributed by atoms with Crippen molar-refractivity contribution in [3.8, 4) is 6.07 Å². The van der Waals surface area contributed by atoms with Crippen LogP contribution in [0.15, 0.2) is 40.2 Å². The predicted octanol–water partition coefficient (Wildman–Crippen LogP) is 1.96. The second-order valence-corrected chi connectivity index (χ2v) is 7.49. The number of halogens is 1. The maximum absolute atomic E-state index is 11.8. The van der Waals surface area contributed by atoms with Crippen molar-refractivity contribution >= 4 is 60.7 Å².